The van der Waals surface area contributed by atoms with Crippen molar-refractivity contribution in [3.8, 4) is 0 Å². The molecule has 0 saturated carbocycles. The van der Waals surface area contributed by atoms with Gasteiger partial charge in [-0.25, -0.2) is 0 Å². The average Bonchev–Trinajstić information content (AvgIpc) is 2.32. The van der Waals surface area contributed by atoms with Crippen molar-refractivity contribution in [2.75, 3.05) is 0 Å². The van der Waals surface area contributed by atoms with E-state index in [0.29, 0.717) is 15.4 Å². The van der Waals surface area contributed by atoms with Crippen molar-refractivity contribution in [2.45, 2.75) is 63.4 Å². The van der Waals surface area contributed by atoms with Gasteiger partial charge in [0.25, 0.3) is 0 Å². The van der Waals surface area contributed by atoms with E-state index in [0.717, 1.165) is 28.5 Å². The van der Waals surface area contributed by atoms with Gasteiger partial charge >= 0.3 is 39.8 Å². The summed E-state index contributed by atoms with van der Waals surface area (Å²) in [5.74, 6) is 0. The molecule has 2 radical (unpaired) electrons. The molecule has 0 N–H and O–H groups in total. The minimum absolute atomic E-state index is 0.528. The molecule has 2 unspecified atom stereocenters. The number of hydrogen-bond donors (Lipinski definition) is 0. The molecule has 108 valence electrons. The summed E-state index contributed by atoms with van der Waals surface area (Å²) in [5.41, 5.74) is 1.57. The van der Waals surface area contributed by atoms with Gasteiger partial charge in [0.1, 0.15) is 0 Å². The number of benzene rings is 1. The van der Waals surface area contributed by atoms with Gasteiger partial charge in [-0.05, 0) is 21.9 Å². The number of rotatable bonds is 6. The van der Waals surface area contributed by atoms with Crippen LogP contribution >= 0.6 is 17.2 Å². The average molecular weight is 357 g/mol. The third kappa shape index (κ3) is 11.0. The molecule has 1 aromatic rings. The Morgan fingerprint density at radius 3 is 1.42 bits per heavy atom. The monoisotopic (exact) mass is 358 g/mol. The van der Waals surface area contributed by atoms with E-state index in [1.165, 1.54) is 10.5 Å². The summed E-state index contributed by atoms with van der Waals surface area (Å²) >= 11 is 0.528. The van der Waals surface area contributed by atoms with Gasteiger partial charge in [-0.2, -0.15) is 0 Å². The molecule has 0 amide bonds. The first-order chi connectivity index (χ1) is 9.01. The van der Waals surface area contributed by atoms with Gasteiger partial charge in [0.2, 0.25) is 0 Å². The minimum atomic E-state index is 0.528. The first-order valence-corrected chi connectivity index (χ1v) is 12.5. The summed E-state index contributed by atoms with van der Waals surface area (Å²) in [6.45, 7) is 13.7. The van der Waals surface area contributed by atoms with Gasteiger partial charge in [-0.15, -0.1) is 0 Å². The number of hydrogen-bond acceptors (Lipinski definition) is 0. The Bertz CT molecular complexity index is 293. The van der Waals surface area contributed by atoms with Crippen LogP contribution in [0.2, 0.25) is 10.5 Å². The Balaban J connectivity index is 0.000000555. The molecule has 0 aliphatic rings. The van der Waals surface area contributed by atoms with E-state index in [4.69, 9.17) is 0 Å². The van der Waals surface area contributed by atoms with Crippen LogP contribution in [0.4, 0.5) is 0 Å². The maximum atomic E-state index is 2.30. The molecule has 0 aromatic heterocycles. The zero-order valence-electron chi connectivity index (χ0n) is 13.4. The van der Waals surface area contributed by atoms with Crippen LogP contribution in [0, 0.1) is 0 Å². The van der Waals surface area contributed by atoms with Gasteiger partial charge in [0.05, 0.1) is 0 Å². The topological polar surface area (TPSA) is 0 Å². The van der Waals surface area contributed by atoms with Crippen molar-refractivity contribution < 1.29 is 0 Å². The molecule has 1 aromatic carbocycles. The fourth-order valence-electron chi connectivity index (χ4n) is 1.61. The second-order valence-corrected chi connectivity index (χ2v) is 13.1. The molecule has 0 aliphatic heterocycles. The Labute approximate surface area is 131 Å². The predicted molar refractivity (Wildman–Crippen MR) is 99.3 cm³/mol. The molecule has 1 rings (SSSR count). The summed E-state index contributed by atoms with van der Waals surface area (Å²) in [6.07, 6.45) is 0. The molecule has 0 aliphatic carbocycles. The normalized spacial score (nSPS) is 11.8. The zero-order chi connectivity index (χ0) is 14.7. The van der Waals surface area contributed by atoms with Crippen LogP contribution in [-0.4, -0.2) is 26.7 Å². The Kier molecular flexibility index (Phi) is 12.8. The fraction of sp³-hybridized carbons (Fsp3) is 0.625. The molecular weight excluding hydrogens is 327 g/mol. The molecule has 3 heteroatoms. The van der Waals surface area contributed by atoms with Crippen molar-refractivity contribution in [1.29, 1.82) is 0 Å². The van der Waals surface area contributed by atoms with E-state index in [1.54, 1.807) is 10.6 Å². The predicted octanol–water partition coefficient (Wildman–Crippen LogP) is 4.68. The molecule has 0 saturated heterocycles. The van der Waals surface area contributed by atoms with Crippen LogP contribution in [0.3, 0.4) is 0 Å². The molecule has 0 heterocycles. The van der Waals surface area contributed by atoms with Gasteiger partial charge < -0.3 is 0 Å². The zero-order valence-corrected chi connectivity index (χ0v) is 17.5. The summed E-state index contributed by atoms with van der Waals surface area (Å²) in [4.78, 5) is 0. The van der Waals surface area contributed by atoms with Crippen molar-refractivity contribution in [3.05, 3.63) is 24.3 Å². The first kappa shape index (κ1) is 19.6. The third-order valence-electron chi connectivity index (χ3n) is 2.32. The molecule has 19 heavy (non-hydrogen) atoms. The van der Waals surface area contributed by atoms with Gasteiger partial charge in [-0.3, -0.25) is 0 Å². The summed E-state index contributed by atoms with van der Waals surface area (Å²) < 4.78 is 0. The molecule has 2 atom stereocenters. The Morgan fingerprint density at radius 1 is 0.842 bits per heavy atom. The van der Waals surface area contributed by atoms with Crippen molar-refractivity contribution in [3.63, 3.8) is 0 Å². The second kappa shape index (κ2) is 12.4. The van der Waals surface area contributed by atoms with Crippen LogP contribution in [-0.2, 0) is 0 Å². The SMILES string of the molecule is CC(C)Pc1ccccc1PC(C)C.C[CH2][Ge][CH2]C. The van der Waals surface area contributed by atoms with E-state index < -0.39 is 0 Å². The van der Waals surface area contributed by atoms with Crippen LogP contribution in [0.15, 0.2) is 24.3 Å². The quantitative estimate of drug-likeness (QED) is 0.513. The van der Waals surface area contributed by atoms with Crippen LogP contribution in [0.25, 0.3) is 0 Å². The Hall–Kier alpha value is 0.623. The summed E-state index contributed by atoms with van der Waals surface area (Å²) in [7, 11) is 1.93. The van der Waals surface area contributed by atoms with Gasteiger partial charge in [-0.1, -0.05) is 69.1 Å². The van der Waals surface area contributed by atoms with Crippen LogP contribution in [0.1, 0.15) is 41.5 Å². The molecule has 0 nitrogen and oxygen atoms in total. The van der Waals surface area contributed by atoms with Crippen molar-refractivity contribution in [1.82, 2.24) is 0 Å². The standard InChI is InChI=1S/C12H20P2.C4H10Ge/c1-9(2)13-11-7-5-6-8-12(11)14-10(3)4;1-3-5-4-2/h5-10,13-14H,1-4H3;3-4H2,1-2H3. The third-order valence-corrected chi connectivity index (χ3v) is 7.31. The van der Waals surface area contributed by atoms with E-state index in [2.05, 4.69) is 65.8 Å². The van der Waals surface area contributed by atoms with Gasteiger partial charge in [0, 0.05) is 0 Å². The van der Waals surface area contributed by atoms with Crippen LogP contribution in [0.5, 0.6) is 0 Å². The van der Waals surface area contributed by atoms with Crippen LogP contribution < -0.4 is 10.6 Å². The van der Waals surface area contributed by atoms with Crippen molar-refractivity contribution in [2.24, 2.45) is 0 Å². The summed E-state index contributed by atoms with van der Waals surface area (Å²) in [6, 6.07) is 8.92. The Morgan fingerprint density at radius 2 is 1.21 bits per heavy atom. The van der Waals surface area contributed by atoms with E-state index in [-0.39, 0.29) is 0 Å². The van der Waals surface area contributed by atoms with Gasteiger partial charge in [0.15, 0.2) is 0 Å². The van der Waals surface area contributed by atoms with E-state index >= 15 is 0 Å². The first-order valence-electron chi connectivity index (χ1n) is 7.34. The molecular formula is C16H30GeP2. The molecule has 0 spiro atoms. The second-order valence-electron chi connectivity index (χ2n) is 5.10. The molecule has 0 bridgehead atoms. The van der Waals surface area contributed by atoms with E-state index in [9.17, 15) is 0 Å². The maximum absolute atomic E-state index is 2.30. The van der Waals surface area contributed by atoms with Crippen molar-refractivity contribution >= 4 is 43.2 Å². The fourth-order valence-corrected chi connectivity index (χ4v) is 5.20. The summed E-state index contributed by atoms with van der Waals surface area (Å²) in [5, 5.41) is 6.09. The molecule has 0 fully saturated rings. The van der Waals surface area contributed by atoms with E-state index in [1.807, 2.05) is 0 Å².